The maximum atomic E-state index is 12.2. The molecule has 0 aliphatic carbocycles. The van der Waals surface area contributed by atoms with Crippen molar-refractivity contribution in [2.24, 2.45) is 0 Å². The summed E-state index contributed by atoms with van der Waals surface area (Å²) in [5.74, 6) is 0.263. The van der Waals surface area contributed by atoms with Crippen molar-refractivity contribution in [3.8, 4) is 11.5 Å². The summed E-state index contributed by atoms with van der Waals surface area (Å²) in [7, 11) is 0. The Hall–Kier alpha value is -1.71. The van der Waals surface area contributed by atoms with Crippen LogP contribution in [0, 0.1) is 0 Å². The molecule has 1 heterocycles. The van der Waals surface area contributed by atoms with E-state index in [1.807, 2.05) is 11.8 Å². The van der Waals surface area contributed by atoms with Gasteiger partial charge in [-0.1, -0.05) is 13.3 Å². The molecule has 2 N–H and O–H groups in total. The van der Waals surface area contributed by atoms with E-state index in [9.17, 15) is 15.0 Å². The Balaban J connectivity index is 2.29. The standard InChI is InChI=1S/C15H21NO3/c1-2-13(12-8-7-11(17)10-14(12)18)16-9-5-3-4-6-15(16)19/h7-8,10,13,17-18H,2-6,9H2,1H3. The van der Waals surface area contributed by atoms with Gasteiger partial charge in [0.25, 0.3) is 0 Å². The van der Waals surface area contributed by atoms with Crippen LogP contribution in [0.2, 0.25) is 0 Å². The van der Waals surface area contributed by atoms with Crippen LogP contribution in [0.4, 0.5) is 0 Å². The lowest BCUT2D eigenvalue weighted by atomic mass is 10.0. The molecule has 1 atom stereocenters. The largest absolute Gasteiger partial charge is 0.508 e. The topological polar surface area (TPSA) is 60.8 Å². The van der Waals surface area contributed by atoms with Crippen molar-refractivity contribution in [2.45, 2.75) is 45.1 Å². The van der Waals surface area contributed by atoms with E-state index in [0.717, 1.165) is 37.8 Å². The first-order valence-corrected chi connectivity index (χ1v) is 6.94. The molecule has 1 unspecified atom stereocenters. The molecular formula is C15H21NO3. The first-order chi connectivity index (χ1) is 9.13. The number of benzene rings is 1. The van der Waals surface area contributed by atoms with E-state index < -0.39 is 0 Å². The van der Waals surface area contributed by atoms with Gasteiger partial charge in [0, 0.05) is 24.6 Å². The Labute approximate surface area is 113 Å². The summed E-state index contributed by atoms with van der Waals surface area (Å²) < 4.78 is 0. The highest BCUT2D eigenvalue weighted by atomic mass is 16.3. The van der Waals surface area contributed by atoms with E-state index in [4.69, 9.17) is 0 Å². The molecule has 1 fully saturated rings. The molecule has 19 heavy (non-hydrogen) atoms. The van der Waals surface area contributed by atoms with Gasteiger partial charge in [-0.15, -0.1) is 0 Å². The lowest BCUT2D eigenvalue weighted by molar-refractivity contribution is -0.133. The normalized spacial score (nSPS) is 18.2. The van der Waals surface area contributed by atoms with Gasteiger partial charge in [0.05, 0.1) is 6.04 Å². The minimum Gasteiger partial charge on any atom is -0.508 e. The Kier molecular flexibility index (Phi) is 4.30. The summed E-state index contributed by atoms with van der Waals surface area (Å²) in [5, 5.41) is 19.3. The van der Waals surface area contributed by atoms with E-state index in [0.29, 0.717) is 6.42 Å². The zero-order valence-electron chi connectivity index (χ0n) is 11.3. The predicted molar refractivity (Wildman–Crippen MR) is 73.0 cm³/mol. The number of hydrogen-bond acceptors (Lipinski definition) is 3. The van der Waals surface area contributed by atoms with Crippen LogP contribution in [-0.4, -0.2) is 27.6 Å². The molecule has 0 spiro atoms. The number of carbonyl (C=O) groups excluding carboxylic acids is 1. The zero-order valence-corrected chi connectivity index (χ0v) is 11.3. The molecule has 104 valence electrons. The Morgan fingerprint density at radius 1 is 1.26 bits per heavy atom. The maximum Gasteiger partial charge on any atom is 0.223 e. The molecule has 1 aromatic carbocycles. The average molecular weight is 263 g/mol. The highest BCUT2D eigenvalue weighted by Crippen LogP contribution is 2.34. The number of aromatic hydroxyl groups is 2. The second kappa shape index (κ2) is 5.95. The van der Waals surface area contributed by atoms with Gasteiger partial charge in [-0.05, 0) is 31.4 Å². The summed E-state index contributed by atoms with van der Waals surface area (Å²) in [6.45, 7) is 2.76. The number of likely N-dealkylation sites (tertiary alicyclic amines) is 1. The summed E-state index contributed by atoms with van der Waals surface area (Å²) in [6, 6.07) is 4.49. The molecule has 0 bridgehead atoms. The average Bonchev–Trinajstić information content (AvgIpc) is 2.58. The van der Waals surface area contributed by atoms with Crippen LogP contribution in [0.15, 0.2) is 18.2 Å². The third-order valence-corrected chi connectivity index (χ3v) is 3.75. The smallest absolute Gasteiger partial charge is 0.223 e. The third kappa shape index (κ3) is 3.00. The van der Waals surface area contributed by atoms with Gasteiger partial charge in [-0.25, -0.2) is 0 Å². The summed E-state index contributed by atoms with van der Waals surface area (Å²) in [4.78, 5) is 14.0. The molecule has 4 heteroatoms. The minimum atomic E-state index is -0.105. The van der Waals surface area contributed by atoms with Gasteiger partial charge < -0.3 is 15.1 Å². The fourth-order valence-corrected chi connectivity index (χ4v) is 2.76. The van der Waals surface area contributed by atoms with E-state index in [1.54, 1.807) is 12.1 Å². The molecule has 2 rings (SSSR count). The molecule has 0 saturated carbocycles. The molecule has 1 aliphatic rings. The number of amides is 1. The van der Waals surface area contributed by atoms with Crippen molar-refractivity contribution >= 4 is 5.91 Å². The van der Waals surface area contributed by atoms with Gasteiger partial charge >= 0.3 is 0 Å². The second-order valence-corrected chi connectivity index (χ2v) is 5.06. The monoisotopic (exact) mass is 263 g/mol. The molecule has 0 radical (unpaired) electrons. The van der Waals surface area contributed by atoms with Crippen LogP contribution in [0.3, 0.4) is 0 Å². The first kappa shape index (κ1) is 13.7. The second-order valence-electron chi connectivity index (χ2n) is 5.06. The molecular weight excluding hydrogens is 242 g/mol. The van der Waals surface area contributed by atoms with Crippen molar-refractivity contribution in [1.29, 1.82) is 0 Å². The van der Waals surface area contributed by atoms with E-state index in [1.165, 1.54) is 6.07 Å². The van der Waals surface area contributed by atoms with Crippen molar-refractivity contribution in [1.82, 2.24) is 4.90 Å². The molecule has 1 saturated heterocycles. The number of carbonyl (C=O) groups is 1. The molecule has 1 aliphatic heterocycles. The fourth-order valence-electron chi connectivity index (χ4n) is 2.76. The van der Waals surface area contributed by atoms with Crippen LogP contribution in [0.25, 0.3) is 0 Å². The molecule has 4 nitrogen and oxygen atoms in total. The predicted octanol–water partition coefficient (Wildman–Crippen LogP) is 2.95. The molecule has 1 aromatic rings. The SMILES string of the molecule is CCC(c1ccc(O)cc1O)N1CCCCCC1=O. The van der Waals surface area contributed by atoms with Crippen molar-refractivity contribution in [2.75, 3.05) is 6.54 Å². The molecule has 1 amide bonds. The van der Waals surface area contributed by atoms with E-state index in [-0.39, 0.29) is 23.4 Å². The number of hydrogen-bond donors (Lipinski definition) is 2. The number of rotatable bonds is 3. The summed E-state index contributed by atoms with van der Waals surface area (Å²) >= 11 is 0. The van der Waals surface area contributed by atoms with E-state index >= 15 is 0 Å². The maximum absolute atomic E-state index is 12.2. The minimum absolute atomic E-state index is 0.0401. The number of phenols is 2. The molecule has 0 aromatic heterocycles. The highest BCUT2D eigenvalue weighted by Gasteiger charge is 2.26. The van der Waals surface area contributed by atoms with Gasteiger partial charge in [0.15, 0.2) is 0 Å². The number of phenolic OH excluding ortho intramolecular Hbond substituents is 2. The van der Waals surface area contributed by atoms with Gasteiger partial charge in [0.2, 0.25) is 5.91 Å². The van der Waals surface area contributed by atoms with E-state index in [2.05, 4.69) is 0 Å². The first-order valence-electron chi connectivity index (χ1n) is 6.94. The lowest BCUT2D eigenvalue weighted by Gasteiger charge is -2.31. The van der Waals surface area contributed by atoms with Crippen LogP contribution in [0.1, 0.15) is 50.6 Å². The van der Waals surface area contributed by atoms with Crippen molar-refractivity contribution in [3.63, 3.8) is 0 Å². The summed E-state index contributed by atoms with van der Waals surface area (Å²) in [6.07, 6.45) is 4.40. The Bertz CT molecular complexity index is 459. The van der Waals surface area contributed by atoms with Gasteiger partial charge in [-0.3, -0.25) is 4.79 Å². The lowest BCUT2D eigenvalue weighted by Crippen LogP contribution is -2.34. The van der Waals surface area contributed by atoms with Crippen molar-refractivity contribution < 1.29 is 15.0 Å². The Morgan fingerprint density at radius 3 is 2.74 bits per heavy atom. The highest BCUT2D eigenvalue weighted by molar-refractivity contribution is 5.77. The number of nitrogens with zero attached hydrogens (tertiary/aromatic N) is 1. The third-order valence-electron chi connectivity index (χ3n) is 3.75. The van der Waals surface area contributed by atoms with Crippen LogP contribution in [-0.2, 0) is 4.79 Å². The van der Waals surface area contributed by atoms with Gasteiger partial charge in [0.1, 0.15) is 11.5 Å². The Morgan fingerprint density at radius 2 is 2.05 bits per heavy atom. The fraction of sp³-hybridized carbons (Fsp3) is 0.533. The van der Waals surface area contributed by atoms with Crippen LogP contribution < -0.4 is 0 Å². The van der Waals surface area contributed by atoms with Gasteiger partial charge in [-0.2, -0.15) is 0 Å². The summed E-state index contributed by atoms with van der Waals surface area (Å²) in [5.41, 5.74) is 0.718. The van der Waals surface area contributed by atoms with Crippen LogP contribution >= 0.6 is 0 Å². The van der Waals surface area contributed by atoms with Crippen molar-refractivity contribution in [3.05, 3.63) is 23.8 Å². The quantitative estimate of drug-likeness (QED) is 0.881. The zero-order chi connectivity index (χ0) is 13.8. The van der Waals surface area contributed by atoms with Crippen LogP contribution in [0.5, 0.6) is 11.5 Å².